The van der Waals surface area contributed by atoms with Crippen LogP contribution in [0.3, 0.4) is 0 Å². The largest absolute Gasteiger partial charge is 0.460 e. The number of carbonyl (C=O) groups is 4. The molecule has 0 radical (unpaired) electrons. The third kappa shape index (κ3) is 19.1. The van der Waals surface area contributed by atoms with Gasteiger partial charge in [0.1, 0.15) is 17.5 Å². The zero-order valence-corrected chi connectivity index (χ0v) is 49.3. The van der Waals surface area contributed by atoms with Gasteiger partial charge >= 0.3 is 25.0 Å². The van der Waals surface area contributed by atoms with Gasteiger partial charge in [0.15, 0.2) is 0 Å². The molecule has 0 aromatic heterocycles. The first-order chi connectivity index (χ1) is 34.5. The number of carbonyl (C=O) groups excluding carboxylic acids is 4. The summed E-state index contributed by atoms with van der Waals surface area (Å²) in [6.45, 7) is 26.5. The zero-order valence-electron chi connectivity index (χ0n) is 46.4. The second-order valence-corrected chi connectivity index (χ2v) is 32.5. The maximum atomic E-state index is 12.2. The number of aldehydes is 1. The maximum Gasteiger partial charge on any atom is 0.446 e. The van der Waals surface area contributed by atoms with Crippen molar-refractivity contribution < 1.29 is 55.9 Å². The van der Waals surface area contributed by atoms with Crippen LogP contribution in [0.15, 0.2) is 121 Å². The molecular formula is C58H81N2O11PSi2. The minimum absolute atomic E-state index is 0.0743. The zero-order chi connectivity index (χ0) is 56.0. The van der Waals surface area contributed by atoms with E-state index in [9.17, 15) is 23.7 Å². The van der Waals surface area contributed by atoms with Crippen LogP contribution >= 0.6 is 7.60 Å². The topological polar surface area (TPSA) is 177 Å². The molecule has 4 aromatic rings. The number of ketones is 1. The predicted molar refractivity (Wildman–Crippen MR) is 300 cm³/mol. The van der Waals surface area contributed by atoms with Gasteiger partial charge in [-0.05, 0) is 85.2 Å². The van der Waals surface area contributed by atoms with Crippen LogP contribution in [0, 0.1) is 24.2 Å². The second kappa shape index (κ2) is 29.1. The van der Waals surface area contributed by atoms with Crippen molar-refractivity contribution in [3.63, 3.8) is 0 Å². The van der Waals surface area contributed by atoms with Crippen molar-refractivity contribution in [2.75, 3.05) is 27.4 Å². The fraction of sp³-hybridized carbons (Fsp3) is 0.466. The number of rotatable bonds is 21. The van der Waals surface area contributed by atoms with Crippen LogP contribution in [-0.4, -0.2) is 89.5 Å². The van der Waals surface area contributed by atoms with Crippen LogP contribution in [0.2, 0.25) is 10.1 Å². The van der Waals surface area contributed by atoms with Gasteiger partial charge in [0.25, 0.3) is 16.6 Å². The summed E-state index contributed by atoms with van der Waals surface area (Å²) in [6, 6.07) is 41.8. The highest BCUT2D eigenvalue weighted by Crippen LogP contribution is 2.47. The second-order valence-electron chi connectivity index (χ2n) is 21.8. The van der Waals surface area contributed by atoms with E-state index in [1.165, 1.54) is 20.7 Å². The Balaban J connectivity index is 0.000000416. The van der Waals surface area contributed by atoms with E-state index in [0.29, 0.717) is 26.1 Å². The Kier molecular flexibility index (Phi) is 25.4. The maximum absolute atomic E-state index is 12.2. The lowest BCUT2D eigenvalue weighted by molar-refractivity contribution is -0.157. The molecule has 0 fully saturated rings. The van der Waals surface area contributed by atoms with E-state index in [0.717, 1.165) is 27.4 Å². The summed E-state index contributed by atoms with van der Waals surface area (Å²) in [5, 5.41) is 4.65. The smallest absolute Gasteiger partial charge is 0.446 e. The number of Topliss-reactive ketones (excluding diaryl/α,β-unsaturated/α-hetero) is 1. The summed E-state index contributed by atoms with van der Waals surface area (Å²) in [4.78, 5) is 49.3. The Hall–Kier alpha value is -5.40. The molecule has 0 N–H and O–H groups in total. The monoisotopic (exact) mass is 1070 g/mol. The molecule has 0 saturated heterocycles. The van der Waals surface area contributed by atoms with E-state index in [4.69, 9.17) is 30.3 Å². The van der Waals surface area contributed by atoms with Gasteiger partial charge in [-0.1, -0.05) is 163 Å². The predicted octanol–water partition coefficient (Wildman–Crippen LogP) is 10.1. The quantitative estimate of drug-likeness (QED) is 0.0113. The number of nitrogens with zero attached hydrogens (tertiary/aromatic N) is 2. The minimum Gasteiger partial charge on any atom is -0.460 e. The highest BCUT2D eigenvalue weighted by Gasteiger charge is 2.51. The van der Waals surface area contributed by atoms with Crippen molar-refractivity contribution in [1.29, 1.82) is 0 Å². The van der Waals surface area contributed by atoms with E-state index in [1.54, 1.807) is 0 Å². The molecule has 4 rings (SSSR count). The summed E-state index contributed by atoms with van der Waals surface area (Å²) in [5.41, 5.74) is 6.65. The highest BCUT2D eigenvalue weighted by atomic mass is 31.2. The molecule has 4 aromatic carbocycles. The van der Waals surface area contributed by atoms with E-state index in [-0.39, 0.29) is 40.8 Å². The van der Waals surface area contributed by atoms with Crippen molar-refractivity contribution >= 4 is 74.4 Å². The van der Waals surface area contributed by atoms with Gasteiger partial charge in [0.2, 0.25) is 5.78 Å². The molecule has 0 aliphatic heterocycles. The van der Waals surface area contributed by atoms with Crippen LogP contribution in [0.5, 0.6) is 0 Å². The number of hydrogen-bond acceptors (Lipinski definition) is 11. The first-order valence-corrected chi connectivity index (χ1v) is 30.2. The standard InChI is InChI=1S/C27H36O3Si.C26H36O4Si.C5H9N2O4P/c1-8-22(21-25(28)30-26(2,3)4)19-20-29-31(27(5,6)7,23-15-11-9-12-16-23)24-17-13-10-14-18-24;1-25(2,3)30-24(28)19-21(20-27)17-18-29-31(26(4,5)6,22-13-9-7-10-14-22)23-15-11-8-12-16-23;1-4(8)5(7-6)12(9,10-2)11-3/h1,9-18,22H,19-21H2,2-7H3;7-16,20-21H,17-19H2,1-6H3;1-3H3. The van der Waals surface area contributed by atoms with Crippen LogP contribution < -0.4 is 20.7 Å². The van der Waals surface area contributed by atoms with Gasteiger partial charge < -0.3 is 37.7 Å². The van der Waals surface area contributed by atoms with Crippen molar-refractivity contribution in [2.24, 2.45) is 11.8 Å². The van der Waals surface area contributed by atoms with E-state index in [1.807, 2.05) is 90.1 Å². The first kappa shape index (κ1) is 64.7. The van der Waals surface area contributed by atoms with Crippen molar-refractivity contribution in [3.05, 3.63) is 127 Å². The summed E-state index contributed by atoms with van der Waals surface area (Å²) >= 11 is 0. The average Bonchev–Trinajstić information content (AvgIpc) is 3.33. The highest BCUT2D eigenvalue weighted by molar-refractivity contribution is 7.74. The Morgan fingerprint density at radius 2 is 0.932 bits per heavy atom. The molecule has 13 nitrogen and oxygen atoms in total. The number of hydrogen-bond donors (Lipinski definition) is 0. The molecule has 0 aliphatic rings. The number of esters is 2. The third-order valence-corrected chi connectivity index (χ3v) is 23.7. The molecule has 0 aliphatic carbocycles. The van der Waals surface area contributed by atoms with E-state index in [2.05, 4.69) is 134 Å². The van der Waals surface area contributed by atoms with Gasteiger partial charge in [0.05, 0.1) is 12.8 Å². The summed E-state index contributed by atoms with van der Waals surface area (Å²) < 4.78 is 44.7. The van der Waals surface area contributed by atoms with E-state index >= 15 is 0 Å². The Morgan fingerprint density at radius 1 is 0.608 bits per heavy atom. The lowest BCUT2D eigenvalue weighted by Crippen LogP contribution is -2.66. The lowest BCUT2D eigenvalue weighted by Gasteiger charge is -2.43. The van der Waals surface area contributed by atoms with Crippen LogP contribution in [0.25, 0.3) is 5.53 Å². The van der Waals surface area contributed by atoms with Crippen LogP contribution in [0.4, 0.5) is 0 Å². The van der Waals surface area contributed by atoms with Crippen LogP contribution in [0.1, 0.15) is 116 Å². The average molecular weight is 1070 g/mol. The molecule has 2 unspecified atom stereocenters. The van der Waals surface area contributed by atoms with Crippen molar-refractivity contribution in [3.8, 4) is 12.3 Å². The molecule has 0 saturated carbocycles. The van der Waals surface area contributed by atoms with Gasteiger partial charge in [-0.15, -0.1) is 12.3 Å². The molecule has 402 valence electrons. The number of terminal acetylenes is 1. The molecule has 0 heterocycles. The fourth-order valence-corrected chi connectivity index (χ4v) is 18.6. The number of benzene rings is 4. The van der Waals surface area contributed by atoms with Gasteiger partial charge in [-0.2, -0.15) is 4.79 Å². The van der Waals surface area contributed by atoms with Crippen LogP contribution in [-0.2, 0) is 51.1 Å². The first-order valence-electron chi connectivity index (χ1n) is 24.8. The Labute approximate surface area is 443 Å². The molecule has 16 heteroatoms. The summed E-state index contributed by atoms with van der Waals surface area (Å²) in [6.07, 6.45) is 7.96. The lowest BCUT2D eigenvalue weighted by atomic mass is 10.0. The normalized spacial score (nSPS) is 12.9. The SMILES string of the molecule is C#CC(CCO[Si](c1ccccc1)(c1ccccc1)C(C)(C)C)CC(=O)OC(C)(C)C.CC(C)(C)OC(=O)CC(C=O)CCO[Si](c1ccccc1)(c1ccccc1)C(C)(C)C.COP(=O)(OC)C(=[N+]=[N-])C(C)=O. The molecular weight excluding hydrogens is 988 g/mol. The van der Waals surface area contributed by atoms with Gasteiger partial charge in [-0.3, -0.25) is 14.4 Å². The summed E-state index contributed by atoms with van der Waals surface area (Å²) in [5.74, 6) is 0.843. The molecule has 0 spiro atoms. The van der Waals surface area contributed by atoms with E-state index < -0.39 is 52.6 Å². The Bertz CT molecular complexity index is 2440. The Morgan fingerprint density at radius 3 is 1.18 bits per heavy atom. The minimum atomic E-state index is -3.70. The third-order valence-electron chi connectivity index (χ3n) is 11.7. The molecule has 2 atom stereocenters. The summed E-state index contributed by atoms with van der Waals surface area (Å²) in [7, 11) is -6.74. The number of ether oxygens (including phenoxy) is 2. The fourth-order valence-electron chi connectivity index (χ4n) is 8.45. The van der Waals surface area contributed by atoms with Gasteiger partial charge in [-0.25, -0.2) is 4.57 Å². The van der Waals surface area contributed by atoms with Crippen molar-refractivity contribution in [1.82, 2.24) is 0 Å². The van der Waals surface area contributed by atoms with Gasteiger partial charge in [0, 0.05) is 46.2 Å². The molecule has 0 bridgehead atoms. The van der Waals surface area contributed by atoms with Crippen molar-refractivity contribution in [2.45, 2.75) is 137 Å². The molecule has 0 amide bonds. The molecule has 74 heavy (non-hydrogen) atoms.